The van der Waals surface area contributed by atoms with Gasteiger partial charge in [0.2, 0.25) is 5.91 Å². The molecule has 2 fully saturated rings. The Bertz CT molecular complexity index is 912. The van der Waals surface area contributed by atoms with E-state index in [4.69, 9.17) is 18.9 Å². The zero-order valence-corrected chi connectivity index (χ0v) is 23.8. The van der Waals surface area contributed by atoms with E-state index in [1.807, 2.05) is 32.9 Å². The predicted octanol–water partition coefficient (Wildman–Crippen LogP) is 4.11. The minimum absolute atomic E-state index is 0.0312. The Balaban J connectivity index is 1.88. The molecule has 0 aromatic heterocycles. The third-order valence-corrected chi connectivity index (χ3v) is 7.22. The van der Waals surface area contributed by atoms with E-state index in [9.17, 15) is 19.5 Å². The summed E-state index contributed by atoms with van der Waals surface area (Å²) < 4.78 is 22.9. The number of allylic oxidation sites excluding steroid dienone is 2. The highest BCUT2D eigenvalue weighted by molar-refractivity contribution is 5.87. The Hall–Kier alpha value is -2.49. The number of carbonyl (C=O) groups excluding carboxylic acids is 2. The molecule has 214 valence electrons. The lowest BCUT2D eigenvalue weighted by atomic mass is 9.87. The van der Waals surface area contributed by atoms with Crippen LogP contribution in [0.15, 0.2) is 36.0 Å². The van der Waals surface area contributed by atoms with Crippen LogP contribution >= 0.6 is 0 Å². The number of esters is 1. The van der Waals surface area contributed by atoms with E-state index in [0.29, 0.717) is 12.8 Å². The lowest BCUT2D eigenvalue weighted by Gasteiger charge is -2.40. The van der Waals surface area contributed by atoms with Crippen LogP contribution in [-0.4, -0.2) is 72.2 Å². The highest BCUT2D eigenvalue weighted by Gasteiger charge is 2.38. The number of aliphatic carboxylic acids is 1. The molecule has 0 aromatic carbocycles. The third kappa shape index (κ3) is 10.7. The number of rotatable bonds is 11. The quantitative estimate of drug-likeness (QED) is 0.230. The second-order valence-electron chi connectivity index (χ2n) is 10.9. The lowest BCUT2D eigenvalue weighted by molar-refractivity contribution is -0.155. The van der Waals surface area contributed by atoms with Crippen LogP contribution in [0.5, 0.6) is 0 Å². The molecule has 9 nitrogen and oxygen atoms in total. The van der Waals surface area contributed by atoms with Crippen LogP contribution < -0.4 is 5.32 Å². The summed E-state index contributed by atoms with van der Waals surface area (Å²) in [5.74, 6) is -1.26. The van der Waals surface area contributed by atoms with Crippen molar-refractivity contribution in [2.24, 2.45) is 5.92 Å². The van der Waals surface area contributed by atoms with Gasteiger partial charge in [-0.15, -0.1) is 0 Å². The minimum atomic E-state index is -0.878. The van der Waals surface area contributed by atoms with Gasteiger partial charge in [-0.25, -0.2) is 0 Å². The molecule has 2 saturated heterocycles. The highest BCUT2D eigenvalue weighted by Crippen LogP contribution is 2.33. The zero-order chi connectivity index (χ0) is 28.5. The van der Waals surface area contributed by atoms with Gasteiger partial charge in [0.05, 0.1) is 42.5 Å². The molecule has 0 bridgehead atoms. The van der Waals surface area contributed by atoms with Gasteiger partial charge >= 0.3 is 11.9 Å². The fraction of sp³-hybridized carbons (Fsp3) is 0.690. The molecule has 9 heteroatoms. The second-order valence-corrected chi connectivity index (χ2v) is 10.9. The maximum Gasteiger partial charge on any atom is 0.305 e. The van der Waals surface area contributed by atoms with Crippen molar-refractivity contribution in [2.45, 2.75) is 116 Å². The Labute approximate surface area is 226 Å². The summed E-state index contributed by atoms with van der Waals surface area (Å²) in [6.07, 6.45) is 10.6. The summed E-state index contributed by atoms with van der Waals surface area (Å²) in [4.78, 5) is 34.5. The molecule has 1 amide bonds. The van der Waals surface area contributed by atoms with Gasteiger partial charge in [-0.05, 0) is 52.5 Å². The highest BCUT2D eigenvalue weighted by atomic mass is 16.5. The van der Waals surface area contributed by atoms with E-state index in [-0.39, 0.29) is 48.7 Å². The smallest absolute Gasteiger partial charge is 0.305 e. The van der Waals surface area contributed by atoms with Gasteiger partial charge in [-0.1, -0.05) is 30.7 Å². The molecule has 0 aliphatic carbocycles. The van der Waals surface area contributed by atoms with Crippen molar-refractivity contribution in [1.29, 1.82) is 0 Å². The number of carboxylic acids is 1. The summed E-state index contributed by atoms with van der Waals surface area (Å²) in [6, 6.07) is -0.107. The average molecular weight is 536 g/mol. The first-order valence-electron chi connectivity index (χ1n) is 13.4. The molecule has 8 atom stereocenters. The molecular weight excluding hydrogens is 490 g/mol. The normalized spacial score (nSPS) is 33.3. The van der Waals surface area contributed by atoms with E-state index in [1.54, 1.807) is 20.1 Å². The van der Waals surface area contributed by atoms with E-state index < -0.39 is 23.6 Å². The van der Waals surface area contributed by atoms with Gasteiger partial charge in [-0.2, -0.15) is 0 Å². The monoisotopic (exact) mass is 535 g/mol. The van der Waals surface area contributed by atoms with Gasteiger partial charge in [0.15, 0.2) is 0 Å². The Morgan fingerprint density at radius 2 is 1.87 bits per heavy atom. The summed E-state index contributed by atoms with van der Waals surface area (Å²) in [6.45, 7) is 11.1. The van der Waals surface area contributed by atoms with Crippen molar-refractivity contribution >= 4 is 17.8 Å². The average Bonchev–Trinajstić information content (AvgIpc) is 2.81. The lowest BCUT2D eigenvalue weighted by Crippen LogP contribution is -2.50. The Kier molecular flexibility index (Phi) is 12.2. The molecule has 0 radical (unpaired) electrons. The SMILES string of the molecule is COC1(C)CC(/C=C/C(C)=C/CC2OC(C)C(NC(=O)/C=C\C(C)OC(C)=O)CC2C)O[C@H](CC(=O)O)C1. The molecule has 0 saturated carbocycles. The van der Waals surface area contributed by atoms with Crippen molar-refractivity contribution in [2.75, 3.05) is 7.11 Å². The van der Waals surface area contributed by atoms with Crippen LogP contribution in [0, 0.1) is 5.92 Å². The predicted molar refractivity (Wildman–Crippen MR) is 143 cm³/mol. The summed E-state index contributed by atoms with van der Waals surface area (Å²) >= 11 is 0. The summed E-state index contributed by atoms with van der Waals surface area (Å²) in [7, 11) is 1.65. The van der Waals surface area contributed by atoms with E-state index >= 15 is 0 Å². The van der Waals surface area contributed by atoms with Crippen molar-refractivity contribution in [3.63, 3.8) is 0 Å². The first kappa shape index (κ1) is 31.7. The van der Waals surface area contributed by atoms with Gasteiger partial charge in [0.1, 0.15) is 6.10 Å². The van der Waals surface area contributed by atoms with E-state index in [1.165, 1.54) is 13.0 Å². The van der Waals surface area contributed by atoms with E-state index in [0.717, 1.165) is 18.4 Å². The van der Waals surface area contributed by atoms with Gasteiger partial charge in [0, 0.05) is 33.0 Å². The van der Waals surface area contributed by atoms with Gasteiger partial charge in [0.25, 0.3) is 0 Å². The Morgan fingerprint density at radius 3 is 2.50 bits per heavy atom. The van der Waals surface area contributed by atoms with Gasteiger partial charge < -0.3 is 29.4 Å². The van der Waals surface area contributed by atoms with Crippen LogP contribution in [0.4, 0.5) is 0 Å². The Morgan fingerprint density at radius 1 is 1.16 bits per heavy atom. The number of carboxylic acid groups (broad SMARTS) is 1. The molecule has 2 heterocycles. The number of amides is 1. The largest absolute Gasteiger partial charge is 0.481 e. The number of hydrogen-bond donors (Lipinski definition) is 2. The van der Waals surface area contributed by atoms with Crippen LogP contribution in [-0.2, 0) is 33.3 Å². The number of nitrogens with one attached hydrogen (secondary N) is 1. The summed E-state index contributed by atoms with van der Waals surface area (Å²) in [5, 5.41) is 12.2. The maximum atomic E-state index is 12.3. The molecule has 2 aliphatic heterocycles. The standard InChI is InChI=1S/C29H45NO8/c1-18(8-11-23-16-29(6,35-7)17-24(38-23)15-28(33)34)9-12-26-19(2)14-25(21(4)37-26)30-27(32)13-10-20(3)36-22(5)31/h8-11,13,19-21,23-26H,12,14-17H2,1-7H3,(H,30,32)(H,33,34)/b11-8+,13-10-,18-9+/t19?,20?,21?,23?,24-,25?,26?,29?/m1/s1. The minimum Gasteiger partial charge on any atom is -0.481 e. The van der Waals surface area contributed by atoms with Crippen molar-refractivity contribution in [3.05, 3.63) is 36.0 Å². The van der Waals surface area contributed by atoms with Crippen molar-refractivity contribution in [3.8, 4) is 0 Å². The molecule has 2 N–H and O–H groups in total. The summed E-state index contributed by atoms with van der Waals surface area (Å²) in [5.41, 5.74) is 0.647. The topological polar surface area (TPSA) is 120 Å². The molecular formula is C29H45NO8. The third-order valence-electron chi connectivity index (χ3n) is 7.22. The van der Waals surface area contributed by atoms with Gasteiger partial charge in [-0.3, -0.25) is 14.4 Å². The number of ether oxygens (including phenoxy) is 4. The molecule has 7 unspecified atom stereocenters. The molecule has 2 aliphatic rings. The van der Waals surface area contributed by atoms with Crippen LogP contribution in [0.25, 0.3) is 0 Å². The molecule has 2 rings (SSSR count). The van der Waals surface area contributed by atoms with Crippen molar-refractivity contribution in [1.82, 2.24) is 5.32 Å². The second kappa shape index (κ2) is 14.6. The number of methoxy groups -OCH3 is 1. The fourth-order valence-electron chi connectivity index (χ4n) is 5.03. The number of hydrogen-bond acceptors (Lipinski definition) is 7. The molecule has 0 spiro atoms. The number of carbonyl (C=O) groups is 3. The first-order valence-corrected chi connectivity index (χ1v) is 13.4. The van der Waals surface area contributed by atoms with Crippen LogP contribution in [0.2, 0.25) is 0 Å². The zero-order valence-electron chi connectivity index (χ0n) is 23.8. The first-order chi connectivity index (χ1) is 17.8. The van der Waals surface area contributed by atoms with Crippen LogP contribution in [0.3, 0.4) is 0 Å². The molecule has 38 heavy (non-hydrogen) atoms. The van der Waals surface area contributed by atoms with E-state index in [2.05, 4.69) is 18.3 Å². The molecule has 0 aromatic rings. The van der Waals surface area contributed by atoms with Crippen molar-refractivity contribution < 1.29 is 38.4 Å². The van der Waals surface area contributed by atoms with Crippen LogP contribution in [0.1, 0.15) is 73.6 Å². The fourth-order valence-corrected chi connectivity index (χ4v) is 5.03. The maximum absolute atomic E-state index is 12.3.